The molecule has 1 N–H and O–H groups in total. The summed E-state index contributed by atoms with van der Waals surface area (Å²) in [6.07, 6.45) is 1.63. The quantitative estimate of drug-likeness (QED) is 0.715. The lowest BCUT2D eigenvalue weighted by Gasteiger charge is -2.00. The predicted molar refractivity (Wildman–Crippen MR) is 72.0 cm³/mol. The lowest BCUT2D eigenvalue weighted by molar-refractivity contribution is 0.808. The maximum absolute atomic E-state index is 5.32. The van der Waals surface area contributed by atoms with Crippen LogP contribution in [0.3, 0.4) is 0 Å². The van der Waals surface area contributed by atoms with E-state index < -0.39 is 0 Å². The highest BCUT2D eigenvalue weighted by molar-refractivity contribution is 7.71. The maximum Gasteiger partial charge on any atom is 0.175 e. The molecule has 1 aromatic carbocycles. The first-order valence-corrected chi connectivity index (χ1v) is 5.91. The van der Waals surface area contributed by atoms with Crippen molar-refractivity contribution in [2.75, 3.05) is 0 Å². The van der Waals surface area contributed by atoms with Gasteiger partial charge in [0.25, 0.3) is 0 Å². The molecule has 88 valence electrons. The largest absolute Gasteiger partial charge is 0.291 e. The minimum absolute atomic E-state index is 0.675. The van der Waals surface area contributed by atoms with E-state index in [-0.39, 0.29) is 0 Å². The molecule has 0 amide bonds. The molecule has 0 fully saturated rings. The fourth-order valence-corrected chi connectivity index (χ4v) is 2.00. The fraction of sp³-hybridized carbons (Fsp3) is 0. The number of nitrogens with zero attached hydrogens (tertiary/aromatic N) is 3. The second-order valence-electron chi connectivity index (χ2n) is 3.79. The van der Waals surface area contributed by atoms with E-state index in [0.29, 0.717) is 10.5 Å². The van der Waals surface area contributed by atoms with Gasteiger partial charge in [-0.2, -0.15) is 5.10 Å². The average molecular weight is 254 g/mol. The molecule has 0 aliphatic heterocycles. The third-order valence-electron chi connectivity index (χ3n) is 2.59. The number of hydrogen-bond acceptors (Lipinski definition) is 3. The Morgan fingerprint density at radius 2 is 1.89 bits per heavy atom. The average Bonchev–Trinajstić information content (AvgIpc) is 2.83. The first-order valence-electron chi connectivity index (χ1n) is 5.50. The number of rotatable bonds is 2. The Morgan fingerprint density at radius 3 is 2.61 bits per heavy atom. The van der Waals surface area contributed by atoms with Crippen LogP contribution in [0.15, 0.2) is 54.7 Å². The van der Waals surface area contributed by atoms with Crippen molar-refractivity contribution in [1.82, 2.24) is 20.0 Å². The summed E-state index contributed by atoms with van der Waals surface area (Å²) in [6.45, 7) is 0. The van der Waals surface area contributed by atoms with Gasteiger partial charge in [-0.3, -0.25) is 5.10 Å². The number of hydrogen-bond donors (Lipinski definition) is 1. The molecule has 18 heavy (non-hydrogen) atoms. The van der Waals surface area contributed by atoms with Gasteiger partial charge >= 0.3 is 0 Å². The summed E-state index contributed by atoms with van der Waals surface area (Å²) < 4.78 is 2.42. The summed E-state index contributed by atoms with van der Waals surface area (Å²) >= 11 is 5.32. The second-order valence-corrected chi connectivity index (χ2v) is 4.21. The second kappa shape index (κ2) is 4.54. The van der Waals surface area contributed by atoms with Crippen molar-refractivity contribution in [2.45, 2.75) is 0 Å². The fourth-order valence-electron chi connectivity index (χ4n) is 1.74. The van der Waals surface area contributed by atoms with Crippen LogP contribution in [-0.2, 0) is 0 Å². The molecule has 0 aliphatic carbocycles. The highest BCUT2D eigenvalue weighted by Crippen LogP contribution is 2.18. The highest BCUT2D eigenvalue weighted by Gasteiger charge is 2.04. The topological polar surface area (TPSA) is 46.5 Å². The van der Waals surface area contributed by atoms with Crippen molar-refractivity contribution in [3.05, 3.63) is 59.4 Å². The monoisotopic (exact) mass is 254 g/mol. The van der Waals surface area contributed by atoms with Crippen LogP contribution >= 0.6 is 12.2 Å². The molecule has 0 aliphatic rings. The van der Waals surface area contributed by atoms with Gasteiger partial charge in [0.15, 0.2) is 5.82 Å². The summed E-state index contributed by atoms with van der Waals surface area (Å²) in [4.78, 5) is 0. The first kappa shape index (κ1) is 10.9. The Kier molecular flexibility index (Phi) is 2.74. The molecule has 3 aromatic rings. The molecule has 0 spiro atoms. The van der Waals surface area contributed by atoms with E-state index in [0.717, 1.165) is 11.3 Å². The molecular formula is C13H10N4S. The minimum atomic E-state index is 0.675. The van der Waals surface area contributed by atoms with Gasteiger partial charge in [0.05, 0.1) is 5.69 Å². The zero-order valence-electron chi connectivity index (χ0n) is 9.45. The summed E-state index contributed by atoms with van der Waals surface area (Å²) in [5, 5.41) is 11.1. The van der Waals surface area contributed by atoms with Gasteiger partial charge in [-0.25, -0.2) is 4.68 Å². The van der Waals surface area contributed by atoms with Crippen molar-refractivity contribution in [3.63, 3.8) is 0 Å². The number of benzene rings is 1. The van der Waals surface area contributed by atoms with Crippen molar-refractivity contribution in [3.8, 4) is 17.1 Å². The number of aromatic amines is 1. The molecule has 5 heteroatoms. The maximum atomic E-state index is 5.32. The zero-order chi connectivity index (χ0) is 12.4. The predicted octanol–water partition coefficient (Wildman–Crippen LogP) is 2.99. The lowest BCUT2D eigenvalue weighted by atomic mass is 10.2. The van der Waals surface area contributed by atoms with Gasteiger partial charge in [0.2, 0.25) is 0 Å². The third-order valence-corrected chi connectivity index (χ3v) is 2.89. The number of aromatic nitrogens is 4. The normalized spacial score (nSPS) is 10.4. The van der Waals surface area contributed by atoms with Gasteiger partial charge in [0, 0.05) is 12.3 Å². The van der Waals surface area contributed by atoms with E-state index in [9.17, 15) is 0 Å². The summed E-state index contributed by atoms with van der Waals surface area (Å²) in [7, 11) is 0. The summed E-state index contributed by atoms with van der Waals surface area (Å²) in [6, 6.07) is 15.6. The number of nitrogens with one attached hydrogen (secondary N) is 1. The molecule has 0 saturated carbocycles. The van der Waals surface area contributed by atoms with Crippen molar-refractivity contribution < 1.29 is 0 Å². The molecule has 0 saturated heterocycles. The first-order chi connectivity index (χ1) is 8.84. The smallest absolute Gasteiger partial charge is 0.175 e. The Hall–Kier alpha value is -2.27. The van der Waals surface area contributed by atoms with Gasteiger partial charge in [-0.05, 0) is 17.7 Å². The molecule has 2 aromatic heterocycles. The summed E-state index contributed by atoms with van der Waals surface area (Å²) in [5.74, 6) is 0.685. The van der Waals surface area contributed by atoms with Crippen molar-refractivity contribution >= 4 is 12.2 Å². The molecule has 0 unspecified atom stereocenters. The Bertz CT molecular complexity index is 701. The van der Waals surface area contributed by atoms with Crippen LogP contribution in [0, 0.1) is 4.64 Å². The molecule has 4 nitrogen and oxygen atoms in total. The molecular weight excluding hydrogens is 244 g/mol. The van der Waals surface area contributed by atoms with Crippen LogP contribution in [0.5, 0.6) is 0 Å². The molecule has 0 atom stereocenters. The van der Waals surface area contributed by atoms with Gasteiger partial charge in [0.1, 0.15) is 4.64 Å². The van der Waals surface area contributed by atoms with E-state index in [2.05, 4.69) is 15.3 Å². The van der Waals surface area contributed by atoms with Gasteiger partial charge < -0.3 is 0 Å². The molecule has 2 heterocycles. The van der Waals surface area contributed by atoms with E-state index >= 15 is 0 Å². The van der Waals surface area contributed by atoms with E-state index in [1.165, 1.54) is 0 Å². The zero-order valence-corrected chi connectivity index (χ0v) is 10.3. The van der Waals surface area contributed by atoms with Crippen LogP contribution in [0.4, 0.5) is 0 Å². The molecule has 0 radical (unpaired) electrons. The van der Waals surface area contributed by atoms with Crippen LogP contribution in [-0.4, -0.2) is 20.0 Å². The standard InChI is InChI=1S/C13H10N4S/c18-13-9-11(10-5-2-1-3-6-10)16-17(13)12-7-4-8-14-15-12/h1-9,16H. The van der Waals surface area contributed by atoms with Crippen LogP contribution in [0.25, 0.3) is 17.1 Å². The Balaban J connectivity index is 2.10. The van der Waals surface area contributed by atoms with Gasteiger partial charge in [-0.15, -0.1) is 5.10 Å². The van der Waals surface area contributed by atoms with Crippen LogP contribution < -0.4 is 0 Å². The third kappa shape index (κ3) is 1.96. The SMILES string of the molecule is S=c1cc(-c2ccccc2)[nH]n1-c1cccnn1. The Morgan fingerprint density at radius 1 is 1.06 bits per heavy atom. The molecule has 3 rings (SSSR count). The van der Waals surface area contributed by atoms with E-state index in [4.69, 9.17) is 12.2 Å². The van der Waals surface area contributed by atoms with E-state index in [1.807, 2.05) is 48.5 Å². The van der Waals surface area contributed by atoms with Crippen molar-refractivity contribution in [2.24, 2.45) is 0 Å². The summed E-state index contributed by atoms with van der Waals surface area (Å²) in [5.41, 5.74) is 2.05. The highest BCUT2D eigenvalue weighted by atomic mass is 32.1. The van der Waals surface area contributed by atoms with Crippen LogP contribution in [0.2, 0.25) is 0 Å². The Labute approximate surface area is 109 Å². The van der Waals surface area contributed by atoms with Crippen LogP contribution in [0.1, 0.15) is 0 Å². The lowest BCUT2D eigenvalue weighted by Crippen LogP contribution is -2.00. The van der Waals surface area contributed by atoms with Gasteiger partial charge in [-0.1, -0.05) is 42.5 Å². The molecule has 0 bridgehead atoms. The number of H-pyrrole nitrogens is 1. The van der Waals surface area contributed by atoms with Crippen molar-refractivity contribution in [1.29, 1.82) is 0 Å². The van der Waals surface area contributed by atoms with E-state index in [1.54, 1.807) is 10.9 Å². The minimum Gasteiger partial charge on any atom is -0.291 e.